The molecule has 1 aromatic heterocycles. The maximum absolute atomic E-state index is 12.6. The highest BCUT2D eigenvalue weighted by Crippen LogP contribution is 2.15. The van der Waals surface area contributed by atoms with Crippen molar-refractivity contribution in [2.75, 3.05) is 6.61 Å². The first kappa shape index (κ1) is 37.2. The highest BCUT2D eigenvalue weighted by atomic mass is 16.6. The van der Waals surface area contributed by atoms with Crippen molar-refractivity contribution in [2.24, 2.45) is 7.05 Å². The fourth-order valence-corrected chi connectivity index (χ4v) is 5.31. The Labute approximate surface area is 252 Å². The predicted octanol–water partition coefficient (Wildman–Crippen LogP) is 9.82. The van der Waals surface area contributed by atoms with E-state index in [1.807, 2.05) is 17.8 Å². The lowest BCUT2D eigenvalue weighted by atomic mass is 10.1. The second kappa shape index (κ2) is 27.0. The summed E-state index contributed by atoms with van der Waals surface area (Å²) < 4.78 is 13.2. The molecule has 0 saturated carbocycles. The molecule has 238 valence electrons. The van der Waals surface area contributed by atoms with Gasteiger partial charge in [-0.2, -0.15) is 0 Å². The lowest BCUT2D eigenvalue weighted by molar-refractivity contribution is -0.159. The van der Waals surface area contributed by atoms with E-state index in [9.17, 15) is 9.59 Å². The van der Waals surface area contributed by atoms with E-state index in [0.717, 1.165) is 31.4 Å². The summed E-state index contributed by atoms with van der Waals surface area (Å²) in [5.41, 5.74) is 0.835. The van der Waals surface area contributed by atoms with Gasteiger partial charge >= 0.3 is 11.9 Å². The van der Waals surface area contributed by atoms with Gasteiger partial charge in [0.2, 0.25) is 0 Å². The third-order valence-electron chi connectivity index (χ3n) is 7.89. The number of hydrogen-bond acceptors (Lipinski definition) is 5. The van der Waals surface area contributed by atoms with Crippen LogP contribution in [0.4, 0.5) is 0 Å². The first-order valence-corrected chi connectivity index (χ1v) is 17.4. The van der Waals surface area contributed by atoms with Crippen LogP contribution < -0.4 is 0 Å². The van der Waals surface area contributed by atoms with Crippen LogP contribution in [-0.2, 0) is 32.5 Å². The van der Waals surface area contributed by atoms with Crippen molar-refractivity contribution in [3.8, 4) is 0 Å². The molecule has 0 bridgehead atoms. The van der Waals surface area contributed by atoms with E-state index < -0.39 is 6.10 Å². The average molecular weight is 577 g/mol. The molecule has 0 radical (unpaired) electrons. The largest absolute Gasteiger partial charge is 0.462 e. The van der Waals surface area contributed by atoms with E-state index in [0.29, 0.717) is 19.3 Å². The maximum Gasteiger partial charge on any atom is 0.306 e. The molecule has 0 aliphatic heterocycles. The molecule has 1 heterocycles. The molecule has 0 amide bonds. The number of esters is 2. The molecule has 6 nitrogen and oxygen atoms in total. The van der Waals surface area contributed by atoms with Crippen molar-refractivity contribution < 1.29 is 19.1 Å². The van der Waals surface area contributed by atoms with Gasteiger partial charge in [-0.1, -0.05) is 142 Å². The SMILES string of the molecule is CCCCCCCCCCCCCC(=O)OCC(Cc1cn(C)cn1)OC(=O)CCCCCCCCCCCCC. The van der Waals surface area contributed by atoms with Crippen LogP contribution in [0.3, 0.4) is 0 Å². The number of unbranched alkanes of at least 4 members (excludes halogenated alkanes) is 20. The highest BCUT2D eigenvalue weighted by Gasteiger charge is 2.19. The lowest BCUT2D eigenvalue weighted by Crippen LogP contribution is -2.27. The number of ether oxygens (including phenoxy) is 2. The van der Waals surface area contributed by atoms with E-state index >= 15 is 0 Å². The van der Waals surface area contributed by atoms with Gasteiger partial charge in [-0.25, -0.2) is 4.98 Å². The monoisotopic (exact) mass is 576 g/mol. The topological polar surface area (TPSA) is 70.4 Å². The predicted molar refractivity (Wildman–Crippen MR) is 170 cm³/mol. The second-order valence-corrected chi connectivity index (χ2v) is 12.1. The standard InChI is InChI=1S/C35H64N2O4/c1-4-6-8-10-12-14-16-18-20-22-24-26-34(38)40-30-33(28-32-29-37(3)31-36-32)41-35(39)27-25-23-21-19-17-15-13-11-9-7-5-2/h29,31,33H,4-28,30H2,1-3H3. The summed E-state index contributed by atoms with van der Waals surface area (Å²) in [7, 11) is 1.91. The summed E-state index contributed by atoms with van der Waals surface area (Å²) in [6, 6.07) is 0. The van der Waals surface area contributed by atoms with Crippen molar-refractivity contribution in [3.05, 3.63) is 18.2 Å². The van der Waals surface area contributed by atoms with E-state index in [1.54, 1.807) is 6.33 Å². The first-order chi connectivity index (χ1) is 20.0. The number of carbonyl (C=O) groups is 2. The molecule has 0 aliphatic carbocycles. The summed E-state index contributed by atoms with van der Waals surface area (Å²) in [6.45, 7) is 4.61. The van der Waals surface area contributed by atoms with Crippen LogP contribution in [0, 0.1) is 0 Å². The van der Waals surface area contributed by atoms with Gasteiger partial charge in [0.05, 0.1) is 12.0 Å². The Kier molecular flexibility index (Phi) is 24.5. The van der Waals surface area contributed by atoms with Gasteiger partial charge in [0.25, 0.3) is 0 Å². The number of hydrogen-bond donors (Lipinski definition) is 0. The van der Waals surface area contributed by atoms with Crippen molar-refractivity contribution in [3.63, 3.8) is 0 Å². The summed E-state index contributed by atoms with van der Waals surface area (Å²) in [5.74, 6) is -0.406. The number of aromatic nitrogens is 2. The Bertz CT molecular complexity index is 748. The third kappa shape index (κ3) is 23.4. The zero-order chi connectivity index (χ0) is 29.8. The molecule has 1 rings (SSSR count). The average Bonchev–Trinajstić information content (AvgIpc) is 3.37. The Morgan fingerprint density at radius 1 is 0.659 bits per heavy atom. The van der Waals surface area contributed by atoms with Crippen LogP contribution in [-0.4, -0.2) is 34.2 Å². The zero-order valence-corrected chi connectivity index (χ0v) is 27.1. The molecule has 41 heavy (non-hydrogen) atoms. The van der Waals surface area contributed by atoms with Crippen molar-refractivity contribution >= 4 is 11.9 Å². The molecular weight excluding hydrogens is 512 g/mol. The minimum atomic E-state index is -0.494. The number of imidazole rings is 1. The van der Waals surface area contributed by atoms with E-state index in [-0.39, 0.29) is 18.5 Å². The molecule has 0 aromatic carbocycles. The van der Waals surface area contributed by atoms with Gasteiger partial charge in [-0.3, -0.25) is 9.59 Å². The van der Waals surface area contributed by atoms with Crippen LogP contribution in [0.5, 0.6) is 0 Å². The Morgan fingerprint density at radius 2 is 1.07 bits per heavy atom. The number of rotatable bonds is 29. The zero-order valence-electron chi connectivity index (χ0n) is 27.1. The Balaban J connectivity index is 2.19. The van der Waals surface area contributed by atoms with Crippen LogP contribution in [0.15, 0.2) is 12.5 Å². The van der Waals surface area contributed by atoms with Gasteiger partial charge in [0.1, 0.15) is 12.7 Å². The smallest absolute Gasteiger partial charge is 0.306 e. The van der Waals surface area contributed by atoms with Crippen LogP contribution in [0.25, 0.3) is 0 Å². The quantitative estimate of drug-likeness (QED) is 0.0701. The van der Waals surface area contributed by atoms with E-state index in [4.69, 9.17) is 9.47 Å². The van der Waals surface area contributed by atoms with Crippen molar-refractivity contribution in [2.45, 2.75) is 180 Å². The van der Waals surface area contributed by atoms with Gasteiger partial charge in [-0.05, 0) is 12.8 Å². The highest BCUT2D eigenvalue weighted by molar-refractivity contribution is 5.70. The van der Waals surface area contributed by atoms with E-state index in [2.05, 4.69) is 18.8 Å². The fraction of sp³-hybridized carbons (Fsp3) is 0.857. The van der Waals surface area contributed by atoms with E-state index in [1.165, 1.54) is 116 Å². The van der Waals surface area contributed by atoms with Gasteiger partial charge in [0, 0.05) is 32.5 Å². The van der Waals surface area contributed by atoms with Crippen molar-refractivity contribution in [1.82, 2.24) is 9.55 Å². The lowest BCUT2D eigenvalue weighted by Gasteiger charge is -2.17. The number of nitrogens with zero attached hydrogens (tertiary/aromatic N) is 2. The second-order valence-electron chi connectivity index (χ2n) is 12.1. The van der Waals surface area contributed by atoms with Gasteiger partial charge in [0.15, 0.2) is 0 Å². The molecule has 0 spiro atoms. The first-order valence-electron chi connectivity index (χ1n) is 17.4. The molecule has 1 aromatic rings. The Morgan fingerprint density at radius 3 is 1.49 bits per heavy atom. The molecule has 0 aliphatic rings. The third-order valence-corrected chi connectivity index (χ3v) is 7.89. The van der Waals surface area contributed by atoms with Crippen LogP contribution in [0.1, 0.15) is 174 Å². The number of aryl methyl sites for hydroxylation is 1. The summed E-state index contributed by atoms with van der Waals surface area (Å²) in [6.07, 6.45) is 32.0. The summed E-state index contributed by atoms with van der Waals surface area (Å²) >= 11 is 0. The summed E-state index contributed by atoms with van der Waals surface area (Å²) in [4.78, 5) is 29.3. The minimum absolute atomic E-state index is 0.0947. The maximum atomic E-state index is 12.6. The minimum Gasteiger partial charge on any atom is -0.462 e. The molecule has 0 N–H and O–H groups in total. The molecule has 6 heteroatoms. The Hall–Kier alpha value is -1.85. The van der Waals surface area contributed by atoms with Crippen LogP contribution >= 0.6 is 0 Å². The van der Waals surface area contributed by atoms with Crippen LogP contribution in [0.2, 0.25) is 0 Å². The molecule has 1 atom stereocenters. The molecule has 1 unspecified atom stereocenters. The molecular formula is C35H64N2O4. The normalized spacial score (nSPS) is 12.0. The summed E-state index contributed by atoms with van der Waals surface area (Å²) in [5, 5.41) is 0. The van der Waals surface area contributed by atoms with Gasteiger partial charge < -0.3 is 14.0 Å². The van der Waals surface area contributed by atoms with Gasteiger partial charge in [-0.15, -0.1) is 0 Å². The molecule has 0 saturated heterocycles. The number of carbonyl (C=O) groups excluding carboxylic acids is 2. The molecule has 0 fully saturated rings. The fourth-order valence-electron chi connectivity index (χ4n) is 5.31. The van der Waals surface area contributed by atoms with Crippen molar-refractivity contribution in [1.29, 1.82) is 0 Å².